The maximum Gasteiger partial charge on any atom is 0.216 e. The van der Waals surface area contributed by atoms with Crippen LogP contribution < -0.4 is 10.6 Å². The highest BCUT2D eigenvalue weighted by Crippen LogP contribution is 2.23. The topological polar surface area (TPSA) is 62.5 Å². The number of benzene rings is 1. The highest BCUT2D eigenvalue weighted by Gasteiger charge is 2.21. The van der Waals surface area contributed by atoms with Crippen LogP contribution in [0.25, 0.3) is 0 Å². The van der Waals surface area contributed by atoms with Gasteiger partial charge in [-0.3, -0.25) is 0 Å². The molecule has 2 aromatic rings. The first-order chi connectivity index (χ1) is 11.8. The van der Waals surface area contributed by atoms with Gasteiger partial charge >= 0.3 is 0 Å². The van der Waals surface area contributed by atoms with Gasteiger partial charge < -0.3 is 15.1 Å². The predicted molar refractivity (Wildman–Crippen MR) is 103 cm³/mol. The molecule has 6 heteroatoms. The van der Waals surface area contributed by atoms with Gasteiger partial charge in [0.25, 0.3) is 0 Å². The van der Waals surface area contributed by atoms with Crippen molar-refractivity contribution in [2.24, 2.45) is 4.99 Å². The molecule has 0 amide bonds. The summed E-state index contributed by atoms with van der Waals surface area (Å²) >= 11 is 5.98. The fourth-order valence-electron chi connectivity index (χ4n) is 2.40. The zero-order chi connectivity index (χ0) is 18.4. The van der Waals surface area contributed by atoms with E-state index in [2.05, 4.69) is 46.6 Å². The van der Waals surface area contributed by atoms with Crippen molar-refractivity contribution >= 4 is 17.6 Å². The second kappa shape index (κ2) is 8.39. The van der Waals surface area contributed by atoms with Crippen LogP contribution in [0.3, 0.4) is 0 Å². The zero-order valence-corrected chi connectivity index (χ0v) is 16.4. The molecule has 0 saturated heterocycles. The molecule has 1 aromatic heterocycles. The van der Waals surface area contributed by atoms with Crippen molar-refractivity contribution in [3.05, 3.63) is 52.2 Å². The number of hydrogen-bond donors (Lipinski definition) is 2. The molecule has 5 nitrogen and oxygen atoms in total. The summed E-state index contributed by atoms with van der Waals surface area (Å²) < 4.78 is 5.58. The lowest BCUT2D eigenvalue weighted by atomic mass is 9.85. The SMILES string of the molecule is CCNC(=NCc1nc(C)c(C)o1)NCC(C)(C)c1ccc(Cl)cc1. The number of nitrogens with zero attached hydrogens (tertiary/aromatic N) is 2. The van der Waals surface area contributed by atoms with Gasteiger partial charge in [0.05, 0.1) is 5.69 Å². The number of nitrogens with one attached hydrogen (secondary N) is 2. The molecule has 2 N–H and O–H groups in total. The van der Waals surface area contributed by atoms with E-state index in [1.807, 2.05) is 32.9 Å². The van der Waals surface area contributed by atoms with Gasteiger partial charge in [0.2, 0.25) is 5.89 Å². The maximum atomic E-state index is 5.98. The lowest BCUT2D eigenvalue weighted by Crippen LogP contribution is -2.43. The molecule has 0 aliphatic carbocycles. The fraction of sp³-hybridized carbons (Fsp3) is 0.474. The van der Waals surface area contributed by atoms with Crippen molar-refractivity contribution in [3.8, 4) is 0 Å². The van der Waals surface area contributed by atoms with Crippen molar-refractivity contribution < 1.29 is 4.42 Å². The van der Waals surface area contributed by atoms with Gasteiger partial charge in [-0.15, -0.1) is 0 Å². The number of aromatic nitrogens is 1. The minimum absolute atomic E-state index is 0.0586. The first kappa shape index (κ1) is 19.3. The molecule has 1 heterocycles. The normalized spacial score (nSPS) is 12.3. The Labute approximate surface area is 154 Å². The van der Waals surface area contributed by atoms with Gasteiger partial charge in [0, 0.05) is 23.5 Å². The van der Waals surface area contributed by atoms with E-state index in [1.165, 1.54) is 5.56 Å². The summed E-state index contributed by atoms with van der Waals surface area (Å²) in [6.45, 7) is 12.2. The van der Waals surface area contributed by atoms with Gasteiger partial charge in [-0.25, -0.2) is 9.98 Å². The maximum absolute atomic E-state index is 5.98. The third kappa shape index (κ3) is 5.49. The average Bonchev–Trinajstić information content (AvgIpc) is 2.89. The van der Waals surface area contributed by atoms with Crippen LogP contribution in [-0.4, -0.2) is 24.0 Å². The van der Waals surface area contributed by atoms with E-state index in [1.54, 1.807) is 0 Å². The molecule has 0 saturated carbocycles. The van der Waals surface area contributed by atoms with Crippen LogP contribution >= 0.6 is 11.6 Å². The quantitative estimate of drug-likeness (QED) is 0.602. The van der Waals surface area contributed by atoms with Crippen LogP contribution in [0.4, 0.5) is 0 Å². The number of oxazole rings is 1. The molecule has 0 aliphatic heterocycles. The Morgan fingerprint density at radius 1 is 1.20 bits per heavy atom. The van der Waals surface area contributed by atoms with E-state index in [4.69, 9.17) is 16.0 Å². The Bertz CT molecular complexity index is 700. The minimum atomic E-state index is -0.0586. The summed E-state index contributed by atoms with van der Waals surface area (Å²) in [5, 5.41) is 7.41. The summed E-state index contributed by atoms with van der Waals surface area (Å²) in [6, 6.07) is 7.97. The predicted octanol–water partition coefficient (Wildman–Crippen LogP) is 3.98. The molecule has 0 fully saturated rings. The number of aliphatic imine (C=N–C) groups is 1. The van der Waals surface area contributed by atoms with Gasteiger partial charge in [0.1, 0.15) is 12.3 Å². The Hall–Kier alpha value is -2.01. The lowest BCUT2D eigenvalue weighted by Gasteiger charge is -2.26. The van der Waals surface area contributed by atoms with Crippen LogP contribution in [0.1, 0.15) is 43.7 Å². The van der Waals surface area contributed by atoms with E-state index >= 15 is 0 Å². The zero-order valence-electron chi connectivity index (χ0n) is 15.6. The summed E-state index contributed by atoms with van der Waals surface area (Å²) in [5.41, 5.74) is 2.07. The van der Waals surface area contributed by atoms with Gasteiger partial charge in [-0.2, -0.15) is 0 Å². The first-order valence-electron chi connectivity index (χ1n) is 8.53. The van der Waals surface area contributed by atoms with Crippen molar-refractivity contribution in [1.82, 2.24) is 15.6 Å². The van der Waals surface area contributed by atoms with Crippen LogP contribution in [0.5, 0.6) is 0 Å². The van der Waals surface area contributed by atoms with Crippen LogP contribution in [0, 0.1) is 13.8 Å². The molecule has 0 atom stereocenters. The van der Waals surface area contributed by atoms with Crippen molar-refractivity contribution in [1.29, 1.82) is 0 Å². The summed E-state index contributed by atoms with van der Waals surface area (Å²) in [7, 11) is 0. The van der Waals surface area contributed by atoms with Crippen molar-refractivity contribution in [2.45, 2.75) is 46.6 Å². The minimum Gasteiger partial charge on any atom is -0.444 e. The smallest absolute Gasteiger partial charge is 0.216 e. The van der Waals surface area contributed by atoms with E-state index in [9.17, 15) is 0 Å². The number of guanidine groups is 1. The Balaban J connectivity index is 2.02. The van der Waals surface area contributed by atoms with Crippen LogP contribution in [-0.2, 0) is 12.0 Å². The number of halogens is 1. The number of hydrogen-bond acceptors (Lipinski definition) is 3. The molecule has 1 aromatic carbocycles. The van der Waals surface area contributed by atoms with Crippen molar-refractivity contribution in [3.63, 3.8) is 0 Å². The Kier molecular flexibility index (Phi) is 6.48. The number of aryl methyl sites for hydroxylation is 2. The van der Waals surface area contributed by atoms with E-state index in [0.717, 1.165) is 35.5 Å². The Morgan fingerprint density at radius 3 is 2.44 bits per heavy atom. The monoisotopic (exact) mass is 362 g/mol. The highest BCUT2D eigenvalue weighted by molar-refractivity contribution is 6.30. The largest absolute Gasteiger partial charge is 0.444 e. The molecule has 0 radical (unpaired) electrons. The van der Waals surface area contributed by atoms with Crippen LogP contribution in [0.2, 0.25) is 5.02 Å². The molecule has 25 heavy (non-hydrogen) atoms. The molecule has 0 spiro atoms. The molecular weight excluding hydrogens is 336 g/mol. The molecule has 0 unspecified atom stereocenters. The number of rotatable bonds is 6. The second-order valence-corrected chi connectivity index (χ2v) is 7.13. The third-order valence-electron chi connectivity index (χ3n) is 4.11. The van der Waals surface area contributed by atoms with Gasteiger partial charge in [-0.1, -0.05) is 37.6 Å². The Morgan fingerprint density at radius 2 is 1.88 bits per heavy atom. The fourth-order valence-corrected chi connectivity index (χ4v) is 2.53. The lowest BCUT2D eigenvalue weighted by molar-refractivity contribution is 0.471. The summed E-state index contributed by atoms with van der Waals surface area (Å²) in [5.74, 6) is 2.22. The van der Waals surface area contributed by atoms with Gasteiger partial charge in [-0.05, 0) is 38.5 Å². The molecule has 136 valence electrons. The van der Waals surface area contributed by atoms with E-state index < -0.39 is 0 Å². The highest BCUT2D eigenvalue weighted by atomic mass is 35.5. The summed E-state index contributed by atoms with van der Waals surface area (Å²) in [4.78, 5) is 8.93. The molecule has 0 bridgehead atoms. The third-order valence-corrected chi connectivity index (χ3v) is 4.36. The van der Waals surface area contributed by atoms with E-state index in [-0.39, 0.29) is 5.41 Å². The standard InChI is InChI=1S/C19H27ClN4O/c1-6-21-18(22-11-17-24-13(2)14(3)25-17)23-12-19(4,5)15-7-9-16(20)10-8-15/h7-10H,6,11-12H2,1-5H3,(H2,21,22,23). The molecule has 2 rings (SSSR count). The molecular formula is C19H27ClN4O. The molecule has 0 aliphatic rings. The van der Waals surface area contributed by atoms with Crippen molar-refractivity contribution in [2.75, 3.05) is 13.1 Å². The van der Waals surface area contributed by atoms with Gasteiger partial charge in [0.15, 0.2) is 5.96 Å². The van der Waals surface area contributed by atoms with Crippen LogP contribution in [0.15, 0.2) is 33.7 Å². The first-order valence-corrected chi connectivity index (χ1v) is 8.90. The second-order valence-electron chi connectivity index (χ2n) is 6.69. The van der Waals surface area contributed by atoms with E-state index in [0.29, 0.717) is 12.4 Å². The summed E-state index contributed by atoms with van der Waals surface area (Å²) in [6.07, 6.45) is 0. The average molecular weight is 363 g/mol.